The zero-order valence-corrected chi connectivity index (χ0v) is 10.3. The van der Waals surface area contributed by atoms with Gasteiger partial charge in [0.2, 0.25) is 0 Å². The van der Waals surface area contributed by atoms with Gasteiger partial charge in [0.05, 0.1) is 15.7 Å². The van der Waals surface area contributed by atoms with Crippen LogP contribution in [0, 0.1) is 0 Å². The van der Waals surface area contributed by atoms with Crippen molar-refractivity contribution in [2.45, 2.75) is 0 Å². The monoisotopic (exact) mass is 265 g/mol. The molecule has 0 radical (unpaired) electrons. The van der Waals surface area contributed by atoms with E-state index in [0.717, 1.165) is 11.3 Å². The predicted molar refractivity (Wildman–Crippen MR) is 71.8 cm³/mol. The fourth-order valence-electron chi connectivity index (χ4n) is 1.27. The molecule has 0 bridgehead atoms. The number of phenols is 1. The van der Waals surface area contributed by atoms with Gasteiger partial charge < -0.3 is 5.11 Å². The Kier molecular flexibility index (Phi) is 3.67. The van der Waals surface area contributed by atoms with Gasteiger partial charge in [0.1, 0.15) is 5.75 Å². The molecule has 0 atom stereocenters. The molecule has 0 spiro atoms. The van der Waals surface area contributed by atoms with Crippen LogP contribution in [0.25, 0.3) is 0 Å². The Morgan fingerprint density at radius 3 is 2.29 bits per heavy atom. The quantitative estimate of drug-likeness (QED) is 0.800. The Bertz CT molecular complexity index is 550. The fourth-order valence-corrected chi connectivity index (χ4v) is 1.57. The first-order valence-electron chi connectivity index (χ1n) is 4.93. The molecule has 0 aromatic heterocycles. The maximum absolute atomic E-state index is 9.13. The van der Waals surface area contributed by atoms with Gasteiger partial charge in [-0.25, -0.2) is 0 Å². The van der Waals surface area contributed by atoms with Crippen molar-refractivity contribution in [1.82, 2.24) is 0 Å². The van der Waals surface area contributed by atoms with Crippen molar-refractivity contribution in [2.75, 3.05) is 0 Å². The molecule has 0 aliphatic rings. The second-order valence-electron chi connectivity index (χ2n) is 3.45. The van der Waals surface area contributed by atoms with Gasteiger partial charge in [0.15, 0.2) is 0 Å². The summed E-state index contributed by atoms with van der Waals surface area (Å²) in [6, 6.07) is 11.9. The Labute approximate surface area is 109 Å². The molecule has 4 heteroatoms. The van der Waals surface area contributed by atoms with Crippen molar-refractivity contribution in [3.05, 3.63) is 58.1 Å². The summed E-state index contributed by atoms with van der Waals surface area (Å²) in [6.07, 6.45) is 1.69. The van der Waals surface area contributed by atoms with E-state index < -0.39 is 0 Å². The highest BCUT2D eigenvalue weighted by molar-refractivity contribution is 6.42. The van der Waals surface area contributed by atoms with Crippen molar-refractivity contribution in [3.63, 3.8) is 0 Å². The molecule has 0 amide bonds. The van der Waals surface area contributed by atoms with Crippen LogP contribution < -0.4 is 0 Å². The summed E-state index contributed by atoms with van der Waals surface area (Å²) in [5.74, 6) is 0.233. The average Bonchev–Trinajstić information content (AvgIpc) is 2.33. The fraction of sp³-hybridized carbons (Fsp3) is 0. The van der Waals surface area contributed by atoms with Crippen LogP contribution in [0.15, 0.2) is 47.5 Å². The molecule has 0 unspecified atom stereocenters. The van der Waals surface area contributed by atoms with Crippen LogP contribution in [0.1, 0.15) is 5.56 Å². The smallest absolute Gasteiger partial charge is 0.115 e. The van der Waals surface area contributed by atoms with Gasteiger partial charge in [-0.3, -0.25) is 4.99 Å². The van der Waals surface area contributed by atoms with Crippen LogP contribution in [0.4, 0.5) is 5.69 Å². The third-order valence-electron chi connectivity index (χ3n) is 2.16. The van der Waals surface area contributed by atoms with Gasteiger partial charge >= 0.3 is 0 Å². The standard InChI is InChI=1S/C13H9Cl2NO/c14-12-6-3-10(7-13(12)15)16-8-9-1-4-11(17)5-2-9/h1-8,17H. The maximum atomic E-state index is 9.13. The molecule has 1 N–H and O–H groups in total. The number of rotatable bonds is 2. The average molecular weight is 266 g/mol. The minimum atomic E-state index is 0.233. The highest BCUT2D eigenvalue weighted by atomic mass is 35.5. The SMILES string of the molecule is Oc1ccc(C=Nc2ccc(Cl)c(Cl)c2)cc1. The third kappa shape index (κ3) is 3.22. The minimum Gasteiger partial charge on any atom is -0.508 e. The number of hydrogen-bond donors (Lipinski definition) is 1. The van der Waals surface area contributed by atoms with Gasteiger partial charge in [0.25, 0.3) is 0 Å². The van der Waals surface area contributed by atoms with Crippen molar-refractivity contribution < 1.29 is 5.11 Å². The summed E-state index contributed by atoms with van der Waals surface area (Å²) in [7, 11) is 0. The van der Waals surface area contributed by atoms with Crippen LogP contribution in [-0.4, -0.2) is 11.3 Å². The molecule has 17 heavy (non-hydrogen) atoms. The Balaban J connectivity index is 2.20. The molecule has 0 heterocycles. The van der Waals surface area contributed by atoms with Gasteiger partial charge in [-0.2, -0.15) is 0 Å². The zero-order valence-electron chi connectivity index (χ0n) is 8.77. The number of aliphatic imine (C=N–C) groups is 1. The zero-order chi connectivity index (χ0) is 12.3. The van der Waals surface area contributed by atoms with Gasteiger partial charge in [-0.15, -0.1) is 0 Å². The number of phenolic OH excluding ortho intramolecular Hbond substituents is 1. The predicted octanol–water partition coefficient (Wildman–Crippen LogP) is 4.45. The number of nitrogens with zero attached hydrogens (tertiary/aromatic N) is 1. The highest BCUT2D eigenvalue weighted by Crippen LogP contribution is 2.26. The summed E-state index contributed by atoms with van der Waals surface area (Å²) >= 11 is 11.7. The lowest BCUT2D eigenvalue weighted by molar-refractivity contribution is 0.475. The second kappa shape index (κ2) is 5.21. The third-order valence-corrected chi connectivity index (χ3v) is 2.90. The van der Waals surface area contributed by atoms with Gasteiger partial charge in [-0.05, 0) is 48.0 Å². The molecular formula is C13H9Cl2NO. The maximum Gasteiger partial charge on any atom is 0.115 e. The molecule has 86 valence electrons. The first-order chi connectivity index (χ1) is 8.15. The number of halogens is 2. The van der Waals surface area contributed by atoms with Crippen molar-refractivity contribution in [3.8, 4) is 5.75 Å². The van der Waals surface area contributed by atoms with Crippen molar-refractivity contribution in [2.24, 2.45) is 4.99 Å². The molecule has 2 rings (SSSR count). The lowest BCUT2D eigenvalue weighted by atomic mass is 10.2. The molecule has 0 aliphatic carbocycles. The Hall–Kier alpha value is -1.51. The van der Waals surface area contributed by atoms with E-state index in [1.165, 1.54) is 0 Å². The van der Waals surface area contributed by atoms with E-state index in [1.54, 1.807) is 48.7 Å². The van der Waals surface area contributed by atoms with Gasteiger partial charge in [0, 0.05) is 6.21 Å². The van der Waals surface area contributed by atoms with Crippen LogP contribution in [-0.2, 0) is 0 Å². The Morgan fingerprint density at radius 1 is 0.941 bits per heavy atom. The summed E-state index contributed by atoms with van der Waals surface area (Å²) in [5.41, 5.74) is 1.63. The molecule has 0 saturated carbocycles. The molecule has 2 aromatic rings. The van der Waals surface area contributed by atoms with Crippen molar-refractivity contribution in [1.29, 1.82) is 0 Å². The van der Waals surface area contributed by atoms with E-state index in [2.05, 4.69) is 4.99 Å². The molecule has 2 nitrogen and oxygen atoms in total. The van der Waals surface area contributed by atoms with Crippen molar-refractivity contribution >= 4 is 35.1 Å². The molecule has 0 saturated heterocycles. The normalized spacial score (nSPS) is 10.9. The van der Waals surface area contributed by atoms with Crippen LogP contribution in [0.2, 0.25) is 10.0 Å². The topological polar surface area (TPSA) is 32.6 Å². The van der Waals surface area contributed by atoms with E-state index >= 15 is 0 Å². The van der Waals surface area contributed by atoms with E-state index in [0.29, 0.717) is 10.0 Å². The first-order valence-corrected chi connectivity index (χ1v) is 5.69. The van der Waals surface area contributed by atoms with Gasteiger partial charge in [-0.1, -0.05) is 23.2 Å². The van der Waals surface area contributed by atoms with E-state index in [1.807, 2.05) is 0 Å². The summed E-state index contributed by atoms with van der Waals surface area (Å²) in [4.78, 5) is 4.26. The largest absolute Gasteiger partial charge is 0.508 e. The molecular weight excluding hydrogens is 257 g/mol. The summed E-state index contributed by atoms with van der Waals surface area (Å²) in [6.45, 7) is 0. The van der Waals surface area contributed by atoms with E-state index in [-0.39, 0.29) is 5.75 Å². The lowest BCUT2D eigenvalue weighted by Crippen LogP contribution is -1.79. The van der Waals surface area contributed by atoms with E-state index in [4.69, 9.17) is 28.3 Å². The van der Waals surface area contributed by atoms with Crippen LogP contribution in [0.3, 0.4) is 0 Å². The minimum absolute atomic E-state index is 0.233. The Morgan fingerprint density at radius 2 is 1.65 bits per heavy atom. The number of aromatic hydroxyl groups is 1. The molecule has 0 aliphatic heterocycles. The van der Waals surface area contributed by atoms with Crippen LogP contribution >= 0.6 is 23.2 Å². The van der Waals surface area contributed by atoms with E-state index in [9.17, 15) is 0 Å². The number of benzene rings is 2. The second-order valence-corrected chi connectivity index (χ2v) is 4.26. The van der Waals surface area contributed by atoms with Crippen LogP contribution in [0.5, 0.6) is 5.75 Å². The summed E-state index contributed by atoms with van der Waals surface area (Å²) < 4.78 is 0. The summed E-state index contributed by atoms with van der Waals surface area (Å²) in [5, 5.41) is 10.1. The molecule has 0 fully saturated rings. The molecule has 2 aromatic carbocycles. The lowest BCUT2D eigenvalue weighted by Gasteiger charge is -1.97. The number of hydrogen-bond acceptors (Lipinski definition) is 2. The highest BCUT2D eigenvalue weighted by Gasteiger charge is 1.97. The first kappa shape index (κ1) is 12.0.